The summed E-state index contributed by atoms with van der Waals surface area (Å²) in [5.41, 5.74) is 8.32. The van der Waals surface area contributed by atoms with Gasteiger partial charge in [-0.2, -0.15) is 0 Å². The molecule has 6 rings (SSSR count). The van der Waals surface area contributed by atoms with Gasteiger partial charge in [0.25, 0.3) is 0 Å². The lowest BCUT2D eigenvalue weighted by Crippen LogP contribution is -2.39. The summed E-state index contributed by atoms with van der Waals surface area (Å²) in [6.07, 6.45) is 1.58. The maximum Gasteiger partial charge on any atom is 0.161 e. The molecule has 8 heteroatoms. The Kier molecular flexibility index (Phi) is 7.47. The van der Waals surface area contributed by atoms with E-state index in [1.165, 1.54) is 0 Å². The van der Waals surface area contributed by atoms with E-state index >= 15 is 0 Å². The van der Waals surface area contributed by atoms with E-state index in [1.807, 2.05) is 48.5 Å². The molecule has 1 saturated heterocycles. The molecule has 2 aliphatic rings. The van der Waals surface area contributed by atoms with E-state index in [2.05, 4.69) is 17.5 Å². The molecule has 4 aromatic carbocycles. The summed E-state index contributed by atoms with van der Waals surface area (Å²) < 4.78 is 22.4. The first-order valence-corrected chi connectivity index (χ1v) is 13.1. The Labute approximate surface area is 228 Å². The van der Waals surface area contributed by atoms with Crippen LogP contribution in [0.1, 0.15) is 30.1 Å². The number of methoxy groups -OCH3 is 4. The largest absolute Gasteiger partial charge is 0.493 e. The predicted molar refractivity (Wildman–Crippen MR) is 154 cm³/mol. The van der Waals surface area contributed by atoms with Crippen molar-refractivity contribution in [3.63, 3.8) is 0 Å². The third kappa shape index (κ3) is 4.57. The molecule has 4 aromatic rings. The number of fused-ring (bicyclic) bond motifs is 7. The van der Waals surface area contributed by atoms with Crippen LogP contribution >= 0.6 is 12.6 Å². The summed E-state index contributed by atoms with van der Waals surface area (Å²) in [6, 6.07) is 15.6. The minimum Gasteiger partial charge on any atom is -0.493 e. The summed E-state index contributed by atoms with van der Waals surface area (Å²) >= 11 is 4.08. The number of benzene rings is 4. The number of ether oxygens (including phenoxy) is 4. The molecule has 3 N–H and O–H groups in total. The van der Waals surface area contributed by atoms with Crippen molar-refractivity contribution in [2.45, 2.75) is 36.4 Å². The van der Waals surface area contributed by atoms with Crippen LogP contribution in [0.3, 0.4) is 0 Å². The number of hydrogen-bond acceptors (Lipinski definition) is 8. The number of nitrogens with two attached hydrogens (primary N) is 1. The first kappa shape index (κ1) is 26.3. The van der Waals surface area contributed by atoms with Crippen molar-refractivity contribution in [3.05, 3.63) is 59.7 Å². The van der Waals surface area contributed by atoms with Gasteiger partial charge in [0, 0.05) is 23.2 Å². The third-order valence-corrected chi connectivity index (χ3v) is 7.90. The molecule has 0 amide bonds. The lowest BCUT2D eigenvalue weighted by molar-refractivity contribution is 0.0552. The van der Waals surface area contributed by atoms with Gasteiger partial charge in [0.1, 0.15) is 0 Å². The van der Waals surface area contributed by atoms with Gasteiger partial charge in [0.15, 0.2) is 23.0 Å². The zero-order chi connectivity index (χ0) is 27.0. The maximum absolute atomic E-state index is 11.4. The molecule has 0 aromatic heterocycles. The number of aliphatic hydroxyl groups excluding tert-OH is 1. The molecule has 7 nitrogen and oxygen atoms in total. The summed E-state index contributed by atoms with van der Waals surface area (Å²) in [4.78, 5) is 3.34. The van der Waals surface area contributed by atoms with Crippen molar-refractivity contribution in [1.82, 2.24) is 4.90 Å². The van der Waals surface area contributed by atoms with Crippen molar-refractivity contribution in [2.24, 2.45) is 0 Å². The number of hydrogen-bond donors (Lipinski definition) is 3. The molecule has 0 saturated carbocycles. The second-order valence-corrected chi connectivity index (χ2v) is 10.1. The molecule has 2 aliphatic heterocycles. The second kappa shape index (κ2) is 10.8. The minimum atomic E-state index is -0.547. The van der Waals surface area contributed by atoms with Crippen LogP contribution in [0.4, 0.5) is 5.69 Å². The van der Waals surface area contributed by atoms with Gasteiger partial charge in [-0.1, -0.05) is 0 Å². The average molecular weight is 535 g/mol. The van der Waals surface area contributed by atoms with Gasteiger partial charge < -0.3 is 29.8 Å². The van der Waals surface area contributed by atoms with Crippen LogP contribution in [0.2, 0.25) is 0 Å². The fraction of sp³-hybridized carbons (Fsp3) is 0.333. The van der Waals surface area contributed by atoms with Gasteiger partial charge in [-0.25, -0.2) is 0 Å². The van der Waals surface area contributed by atoms with E-state index in [9.17, 15) is 5.11 Å². The fourth-order valence-corrected chi connectivity index (χ4v) is 5.92. The van der Waals surface area contributed by atoms with Crippen LogP contribution in [0.15, 0.2) is 53.4 Å². The maximum atomic E-state index is 11.4. The molecule has 0 spiro atoms. The molecule has 2 heterocycles. The quantitative estimate of drug-likeness (QED) is 0.179. The van der Waals surface area contributed by atoms with E-state index in [1.54, 1.807) is 28.4 Å². The molecule has 200 valence electrons. The van der Waals surface area contributed by atoms with Crippen molar-refractivity contribution in [3.8, 4) is 23.0 Å². The van der Waals surface area contributed by atoms with E-state index in [4.69, 9.17) is 24.7 Å². The van der Waals surface area contributed by atoms with Crippen LogP contribution in [-0.4, -0.2) is 51.0 Å². The van der Waals surface area contributed by atoms with Gasteiger partial charge >= 0.3 is 0 Å². The Morgan fingerprint density at radius 3 is 1.82 bits per heavy atom. The van der Waals surface area contributed by atoms with Gasteiger partial charge in [0.05, 0.1) is 34.5 Å². The normalized spacial score (nSPS) is 18.4. The number of thiol groups is 1. The second-order valence-electron chi connectivity index (χ2n) is 9.61. The van der Waals surface area contributed by atoms with Crippen LogP contribution in [0.5, 0.6) is 23.0 Å². The van der Waals surface area contributed by atoms with Crippen LogP contribution in [0.25, 0.3) is 21.5 Å². The van der Waals surface area contributed by atoms with Crippen molar-refractivity contribution in [2.75, 3.05) is 40.7 Å². The Morgan fingerprint density at radius 2 is 1.29 bits per heavy atom. The van der Waals surface area contributed by atoms with Crippen LogP contribution in [-0.2, 0) is 6.54 Å². The Hall–Kier alpha value is -3.33. The highest BCUT2D eigenvalue weighted by molar-refractivity contribution is 7.80. The topological polar surface area (TPSA) is 86.4 Å². The number of rotatable bonds is 4. The van der Waals surface area contributed by atoms with E-state index in [-0.39, 0.29) is 6.04 Å². The standard InChI is InChI=1S/C24H27NO5.C6H7NS/c1-27-19-8-13-14-9-20(28-2)22(30-4)11-16(14)23-17(15(13)10-21(19)29-3)12-25-7-5-6-18(25)24(23)26;7-5-1-3-6(8)4-2-5/h8-11,18,24,26H,5-7,12H2,1-4H3;1-4,8H,7H2. The molecule has 1 fully saturated rings. The third-order valence-electron chi connectivity index (χ3n) is 7.61. The number of aliphatic hydroxyl groups is 1. The number of nitrogens with zero attached hydrogens (tertiary/aromatic N) is 1. The summed E-state index contributed by atoms with van der Waals surface area (Å²) in [7, 11) is 6.57. The predicted octanol–water partition coefficient (Wildman–Crippen LogP) is 5.60. The lowest BCUT2D eigenvalue weighted by Gasteiger charge is -2.37. The number of nitrogen functional groups attached to an aromatic ring is 1. The van der Waals surface area contributed by atoms with E-state index < -0.39 is 6.10 Å². The molecule has 0 bridgehead atoms. The highest BCUT2D eigenvalue weighted by Gasteiger charge is 2.39. The smallest absolute Gasteiger partial charge is 0.161 e. The van der Waals surface area contributed by atoms with Crippen molar-refractivity contribution < 1.29 is 24.1 Å². The molecule has 0 radical (unpaired) electrons. The first-order chi connectivity index (χ1) is 18.4. The molecule has 0 aliphatic carbocycles. The highest BCUT2D eigenvalue weighted by atomic mass is 32.1. The monoisotopic (exact) mass is 534 g/mol. The summed E-state index contributed by atoms with van der Waals surface area (Å²) in [5.74, 6) is 2.68. The molecular formula is C30H34N2O5S. The summed E-state index contributed by atoms with van der Waals surface area (Å²) in [5, 5.41) is 15.6. The Morgan fingerprint density at radius 1 is 0.789 bits per heavy atom. The van der Waals surface area contributed by atoms with Crippen molar-refractivity contribution in [1.29, 1.82) is 0 Å². The summed E-state index contributed by atoms with van der Waals surface area (Å²) in [6.45, 7) is 1.83. The molecular weight excluding hydrogens is 500 g/mol. The van der Waals surface area contributed by atoms with Crippen LogP contribution in [0, 0.1) is 0 Å². The van der Waals surface area contributed by atoms with Gasteiger partial charge in [-0.15, -0.1) is 12.6 Å². The van der Waals surface area contributed by atoms with Crippen molar-refractivity contribution >= 4 is 39.9 Å². The Balaban J connectivity index is 0.000000316. The highest BCUT2D eigenvalue weighted by Crippen LogP contribution is 2.48. The van der Waals surface area contributed by atoms with Gasteiger partial charge in [-0.05, 0) is 101 Å². The molecule has 2 atom stereocenters. The zero-order valence-corrected chi connectivity index (χ0v) is 23.0. The zero-order valence-electron chi connectivity index (χ0n) is 22.2. The Bertz CT molecular complexity index is 1450. The lowest BCUT2D eigenvalue weighted by atomic mass is 9.83. The number of anilines is 1. The van der Waals surface area contributed by atoms with Gasteiger partial charge in [-0.3, -0.25) is 4.90 Å². The van der Waals surface area contributed by atoms with E-state index in [0.717, 1.165) is 69.2 Å². The molecule has 38 heavy (non-hydrogen) atoms. The first-order valence-electron chi connectivity index (χ1n) is 12.6. The van der Waals surface area contributed by atoms with Crippen LogP contribution < -0.4 is 24.7 Å². The SMILES string of the molecule is COc1cc2c3c(c4cc(OC)c(OC)cc4c2cc1OC)C(O)C1CCCN1C3.Nc1ccc(S)cc1. The molecule has 2 unspecified atom stereocenters. The minimum absolute atomic E-state index is 0.159. The fourth-order valence-electron chi connectivity index (χ4n) is 5.77. The van der Waals surface area contributed by atoms with Gasteiger partial charge in [0.2, 0.25) is 0 Å². The average Bonchev–Trinajstić information content (AvgIpc) is 3.42. The van der Waals surface area contributed by atoms with E-state index in [0.29, 0.717) is 23.0 Å².